The second kappa shape index (κ2) is 9.01. The zero-order valence-corrected chi connectivity index (χ0v) is 12.8. The largest absolute Gasteiger partial charge is 0.518 e. The first-order valence-electron chi connectivity index (χ1n) is 6.49. The molecule has 0 aliphatic heterocycles. The minimum Gasteiger partial charge on any atom is -0.373 e. The molecule has 17 heavy (non-hydrogen) atoms. The van der Waals surface area contributed by atoms with E-state index in [0.717, 1.165) is 6.42 Å². The molecule has 6 heteroatoms. The van der Waals surface area contributed by atoms with Gasteiger partial charge in [-0.05, 0) is 34.1 Å². The number of nitrogens with one attached hydrogen (secondary N) is 1. The maximum Gasteiger partial charge on any atom is 0.518 e. The second-order valence-corrected chi connectivity index (χ2v) is 6.74. The van der Waals surface area contributed by atoms with Crippen LogP contribution in [0.25, 0.3) is 0 Å². The van der Waals surface area contributed by atoms with E-state index >= 15 is 0 Å². The van der Waals surface area contributed by atoms with Crippen molar-refractivity contribution in [1.29, 1.82) is 0 Å². The summed E-state index contributed by atoms with van der Waals surface area (Å²) in [6, 6.07) is 0. The quantitative estimate of drug-likeness (QED) is 0.459. The standard InChI is InChI=1S/C11H28N2O3Si/c1-6-11(12)13-10(5)17(14-7-2,15-8-3)16-9-4/h10-11,13H,6-9,12H2,1-5H3. The fourth-order valence-electron chi connectivity index (χ4n) is 1.64. The molecule has 0 bridgehead atoms. The van der Waals surface area contributed by atoms with Crippen molar-refractivity contribution in [3.63, 3.8) is 0 Å². The third kappa shape index (κ3) is 5.46. The Morgan fingerprint density at radius 3 is 1.71 bits per heavy atom. The van der Waals surface area contributed by atoms with Crippen LogP contribution in [-0.4, -0.2) is 40.5 Å². The predicted molar refractivity (Wildman–Crippen MR) is 71.5 cm³/mol. The fraction of sp³-hybridized carbons (Fsp3) is 1.00. The first-order chi connectivity index (χ1) is 8.06. The highest BCUT2D eigenvalue weighted by molar-refractivity contribution is 6.62. The molecule has 0 fully saturated rings. The van der Waals surface area contributed by atoms with Crippen LogP contribution >= 0.6 is 0 Å². The van der Waals surface area contributed by atoms with E-state index in [0.29, 0.717) is 19.8 Å². The summed E-state index contributed by atoms with van der Waals surface area (Å²) in [6.07, 6.45) is 0.803. The van der Waals surface area contributed by atoms with Gasteiger partial charge >= 0.3 is 8.80 Å². The van der Waals surface area contributed by atoms with Crippen molar-refractivity contribution in [1.82, 2.24) is 5.32 Å². The van der Waals surface area contributed by atoms with Gasteiger partial charge in [0.25, 0.3) is 0 Å². The molecule has 0 amide bonds. The lowest BCUT2D eigenvalue weighted by Gasteiger charge is -2.35. The fourth-order valence-corrected chi connectivity index (χ4v) is 4.27. The lowest BCUT2D eigenvalue weighted by molar-refractivity contribution is 0.0584. The number of rotatable bonds is 10. The van der Waals surface area contributed by atoms with Crippen molar-refractivity contribution in [2.24, 2.45) is 5.73 Å². The van der Waals surface area contributed by atoms with Crippen LogP contribution in [0, 0.1) is 0 Å². The topological polar surface area (TPSA) is 65.7 Å². The van der Waals surface area contributed by atoms with Crippen molar-refractivity contribution in [3.8, 4) is 0 Å². The average molecular weight is 264 g/mol. The molecule has 0 spiro atoms. The van der Waals surface area contributed by atoms with Crippen LogP contribution in [0.1, 0.15) is 41.0 Å². The minimum absolute atomic E-state index is 0.00250. The van der Waals surface area contributed by atoms with Gasteiger partial charge in [-0.25, -0.2) is 0 Å². The van der Waals surface area contributed by atoms with E-state index in [1.165, 1.54) is 0 Å². The number of hydrogen-bond acceptors (Lipinski definition) is 5. The Balaban J connectivity index is 4.70. The van der Waals surface area contributed by atoms with Gasteiger partial charge in [-0.1, -0.05) is 6.92 Å². The van der Waals surface area contributed by atoms with E-state index in [1.54, 1.807) is 0 Å². The normalized spacial score (nSPS) is 15.9. The Morgan fingerprint density at radius 2 is 1.41 bits per heavy atom. The highest BCUT2D eigenvalue weighted by Crippen LogP contribution is 2.15. The Bertz CT molecular complexity index is 179. The van der Waals surface area contributed by atoms with E-state index < -0.39 is 8.80 Å². The first-order valence-corrected chi connectivity index (χ1v) is 8.29. The molecule has 3 N–H and O–H groups in total. The lowest BCUT2D eigenvalue weighted by Crippen LogP contribution is -2.63. The maximum atomic E-state index is 5.90. The van der Waals surface area contributed by atoms with Gasteiger partial charge in [0.15, 0.2) is 0 Å². The van der Waals surface area contributed by atoms with Crippen molar-refractivity contribution < 1.29 is 13.3 Å². The molecule has 0 heterocycles. The molecule has 2 atom stereocenters. The Kier molecular flexibility index (Phi) is 9.02. The van der Waals surface area contributed by atoms with E-state index in [4.69, 9.17) is 19.0 Å². The Labute approximate surface area is 106 Å². The van der Waals surface area contributed by atoms with E-state index in [9.17, 15) is 0 Å². The summed E-state index contributed by atoms with van der Waals surface area (Å²) in [6.45, 7) is 11.7. The predicted octanol–water partition coefficient (Wildman–Crippen LogP) is 1.25. The average Bonchev–Trinajstić information content (AvgIpc) is 2.29. The lowest BCUT2D eigenvalue weighted by atomic mass is 10.4. The summed E-state index contributed by atoms with van der Waals surface area (Å²) in [5, 5.41) is 3.29. The third-order valence-corrected chi connectivity index (χ3v) is 5.77. The smallest absolute Gasteiger partial charge is 0.373 e. The van der Waals surface area contributed by atoms with Gasteiger partial charge in [-0.15, -0.1) is 0 Å². The van der Waals surface area contributed by atoms with Gasteiger partial charge in [-0.3, -0.25) is 5.32 Å². The molecule has 0 aliphatic carbocycles. The van der Waals surface area contributed by atoms with Crippen LogP contribution < -0.4 is 11.1 Å². The highest BCUT2D eigenvalue weighted by Gasteiger charge is 2.47. The van der Waals surface area contributed by atoms with Gasteiger partial charge in [0.05, 0.1) is 11.8 Å². The van der Waals surface area contributed by atoms with Gasteiger partial charge in [0.1, 0.15) is 0 Å². The summed E-state index contributed by atoms with van der Waals surface area (Å²) in [4.78, 5) is 0. The summed E-state index contributed by atoms with van der Waals surface area (Å²) < 4.78 is 17.4. The van der Waals surface area contributed by atoms with E-state index in [1.807, 2.05) is 34.6 Å². The molecule has 0 radical (unpaired) electrons. The molecule has 0 aromatic rings. The van der Waals surface area contributed by atoms with Crippen LogP contribution in [0.5, 0.6) is 0 Å². The molecule has 2 unspecified atom stereocenters. The number of nitrogens with two attached hydrogens (primary N) is 1. The van der Waals surface area contributed by atoms with Crippen molar-refractivity contribution in [2.75, 3.05) is 19.8 Å². The highest BCUT2D eigenvalue weighted by atomic mass is 28.4. The molecule has 5 nitrogen and oxygen atoms in total. The van der Waals surface area contributed by atoms with Crippen LogP contribution in [-0.2, 0) is 13.3 Å². The summed E-state index contributed by atoms with van der Waals surface area (Å²) in [5.41, 5.74) is 5.90. The van der Waals surface area contributed by atoms with E-state index in [-0.39, 0.29) is 11.8 Å². The molecule has 0 aliphatic rings. The summed E-state index contributed by atoms with van der Waals surface area (Å²) in [7, 11) is -2.67. The molecule has 0 saturated heterocycles. The molecular formula is C11H28N2O3Si. The van der Waals surface area contributed by atoms with Crippen LogP contribution in [0.4, 0.5) is 0 Å². The molecule has 0 aromatic heterocycles. The second-order valence-electron chi connectivity index (χ2n) is 3.81. The Morgan fingerprint density at radius 1 is 1.00 bits per heavy atom. The third-order valence-electron chi connectivity index (χ3n) is 2.47. The minimum atomic E-state index is -2.67. The summed E-state index contributed by atoms with van der Waals surface area (Å²) in [5.74, 6) is 0. The molecule has 0 saturated carbocycles. The van der Waals surface area contributed by atoms with Gasteiger partial charge in [0, 0.05) is 19.8 Å². The SMILES string of the molecule is CCO[Si](OCC)(OCC)C(C)NC(N)CC. The molecule has 104 valence electrons. The summed E-state index contributed by atoms with van der Waals surface area (Å²) >= 11 is 0. The zero-order valence-electron chi connectivity index (χ0n) is 11.8. The molecule has 0 rings (SSSR count). The van der Waals surface area contributed by atoms with Gasteiger partial charge < -0.3 is 19.0 Å². The van der Waals surface area contributed by atoms with E-state index in [2.05, 4.69) is 5.32 Å². The zero-order chi connectivity index (χ0) is 13.3. The van der Waals surface area contributed by atoms with Crippen molar-refractivity contribution in [3.05, 3.63) is 0 Å². The van der Waals surface area contributed by atoms with Gasteiger partial charge in [-0.2, -0.15) is 0 Å². The van der Waals surface area contributed by atoms with Crippen molar-refractivity contribution in [2.45, 2.75) is 52.9 Å². The van der Waals surface area contributed by atoms with Gasteiger partial charge in [0.2, 0.25) is 0 Å². The van der Waals surface area contributed by atoms with Crippen LogP contribution in [0.3, 0.4) is 0 Å². The maximum absolute atomic E-state index is 5.90. The van der Waals surface area contributed by atoms with Crippen LogP contribution in [0.2, 0.25) is 0 Å². The Hall–Kier alpha value is 0.0169. The molecule has 0 aromatic carbocycles. The van der Waals surface area contributed by atoms with Crippen LogP contribution in [0.15, 0.2) is 0 Å². The number of hydrogen-bond donors (Lipinski definition) is 2. The first kappa shape index (κ1) is 17.0. The monoisotopic (exact) mass is 264 g/mol. The molecular weight excluding hydrogens is 236 g/mol. The van der Waals surface area contributed by atoms with Crippen molar-refractivity contribution >= 4 is 8.80 Å².